The van der Waals surface area contributed by atoms with Gasteiger partial charge in [-0.3, -0.25) is 0 Å². The maximum atomic E-state index is 2.58. The van der Waals surface area contributed by atoms with Gasteiger partial charge in [0, 0.05) is 0 Å². The average Bonchev–Trinajstić information content (AvgIpc) is 2.45. The van der Waals surface area contributed by atoms with Gasteiger partial charge in [-0.25, -0.2) is 0 Å². The first-order chi connectivity index (χ1) is 9.58. The predicted octanol–water partition coefficient (Wildman–Crippen LogP) is 4.36. The van der Waals surface area contributed by atoms with Crippen molar-refractivity contribution in [3.8, 4) is 0 Å². The zero-order valence-electron chi connectivity index (χ0n) is 15.1. The van der Waals surface area contributed by atoms with Crippen LogP contribution in [-0.2, 0) is 0 Å². The molecule has 0 heterocycles. The van der Waals surface area contributed by atoms with Gasteiger partial charge in [0.15, 0.2) is 0 Å². The molecule has 20 heavy (non-hydrogen) atoms. The third kappa shape index (κ3) is 9.68. The molecule has 0 saturated carbocycles. The molecule has 0 aromatic carbocycles. The molecule has 0 atom stereocenters. The van der Waals surface area contributed by atoms with E-state index in [1.807, 2.05) is 0 Å². The fraction of sp³-hybridized carbons (Fsp3) is 1.00. The fourth-order valence-corrected chi connectivity index (χ4v) is 11.7. The van der Waals surface area contributed by atoms with Crippen molar-refractivity contribution in [2.45, 2.75) is 66.4 Å². The van der Waals surface area contributed by atoms with E-state index in [0.717, 1.165) is 3.67 Å². The van der Waals surface area contributed by atoms with Crippen molar-refractivity contribution < 1.29 is 0 Å². The molecule has 120 valence electrons. The van der Waals surface area contributed by atoms with Crippen molar-refractivity contribution in [1.29, 1.82) is 0 Å². The third-order valence-electron chi connectivity index (χ3n) is 4.83. The van der Waals surface area contributed by atoms with Crippen LogP contribution in [0.15, 0.2) is 0 Å². The summed E-state index contributed by atoms with van der Waals surface area (Å²) < 4.78 is 4.28. The van der Waals surface area contributed by atoms with Crippen molar-refractivity contribution in [1.82, 2.24) is 9.80 Å². The Kier molecular flexibility index (Phi) is 14.0. The summed E-state index contributed by atoms with van der Waals surface area (Å²) in [5.74, 6) is 0. The number of hydrogen-bond acceptors (Lipinski definition) is 2. The molecule has 0 bridgehead atoms. The summed E-state index contributed by atoms with van der Waals surface area (Å²) in [6.07, 6.45) is 2.93. The second-order valence-electron chi connectivity index (χ2n) is 6.34. The molecule has 0 rings (SSSR count). The number of rotatable bonds is 13. The van der Waals surface area contributed by atoms with E-state index >= 15 is 0 Å². The van der Waals surface area contributed by atoms with Crippen LogP contribution < -0.4 is 0 Å². The summed E-state index contributed by atoms with van der Waals surface area (Å²) >= 11 is -1.26. The molecule has 0 spiro atoms. The first kappa shape index (κ1) is 20.8. The molecular formula is C17H39InN2. The zero-order chi connectivity index (χ0) is 15.4. The van der Waals surface area contributed by atoms with E-state index in [1.165, 1.54) is 52.1 Å². The molecule has 0 unspecified atom stereocenters. The Balaban J connectivity index is 3.92. The quantitative estimate of drug-likeness (QED) is 0.464. The van der Waals surface area contributed by atoms with Crippen molar-refractivity contribution >= 4 is 21.4 Å². The molecule has 0 aromatic heterocycles. The van der Waals surface area contributed by atoms with Crippen LogP contribution in [0, 0.1) is 0 Å². The Bertz CT molecular complexity index is 183. The molecule has 3 heteroatoms. The van der Waals surface area contributed by atoms with E-state index in [1.54, 1.807) is 8.35 Å². The first-order valence-corrected chi connectivity index (χ1v) is 15.6. The summed E-state index contributed by atoms with van der Waals surface area (Å²) in [5.41, 5.74) is 0. The van der Waals surface area contributed by atoms with Crippen LogP contribution in [0.4, 0.5) is 0 Å². The molecule has 0 radical (unpaired) electrons. The normalized spacial score (nSPS) is 11.8. The summed E-state index contributed by atoms with van der Waals surface area (Å²) in [5, 5.41) is 0. The maximum absolute atomic E-state index is 2.58. The van der Waals surface area contributed by atoms with Crippen molar-refractivity contribution in [2.24, 2.45) is 0 Å². The molecule has 0 aliphatic heterocycles. The van der Waals surface area contributed by atoms with E-state index in [0.29, 0.717) is 0 Å². The zero-order valence-corrected chi connectivity index (χ0v) is 18.4. The topological polar surface area (TPSA) is 6.48 Å². The number of hydrogen-bond donors (Lipinski definition) is 0. The van der Waals surface area contributed by atoms with E-state index in [9.17, 15) is 0 Å². The van der Waals surface area contributed by atoms with Gasteiger partial charge < -0.3 is 0 Å². The van der Waals surface area contributed by atoms with Crippen LogP contribution in [0.1, 0.15) is 54.4 Å². The van der Waals surface area contributed by atoms with Crippen molar-refractivity contribution in [3.63, 3.8) is 0 Å². The Labute approximate surface area is 136 Å². The van der Waals surface area contributed by atoms with Crippen LogP contribution in [-0.4, -0.2) is 70.5 Å². The van der Waals surface area contributed by atoms with E-state index in [2.05, 4.69) is 51.3 Å². The van der Waals surface area contributed by atoms with Crippen LogP contribution in [0.2, 0.25) is 12.0 Å². The standard InChI is InChI=1S/2C7H16N.C3H7.In/c2*1-4-7-8(5-2)6-3;1-3-2;/h2*1,4-7H2,2-3H3;3H,1-2H3;. The summed E-state index contributed by atoms with van der Waals surface area (Å²) in [4.78, 5) is 5.16. The molecule has 0 aliphatic carbocycles. The van der Waals surface area contributed by atoms with Crippen LogP contribution in [0.25, 0.3) is 0 Å². The first-order valence-electron chi connectivity index (χ1n) is 9.03. The summed E-state index contributed by atoms with van der Waals surface area (Å²) in [6, 6.07) is 0. The second-order valence-corrected chi connectivity index (χ2v) is 17.8. The van der Waals surface area contributed by atoms with Gasteiger partial charge in [-0.15, -0.1) is 0 Å². The van der Waals surface area contributed by atoms with Gasteiger partial charge in [-0.05, 0) is 0 Å². The molecule has 0 amide bonds. The van der Waals surface area contributed by atoms with Gasteiger partial charge in [0.05, 0.1) is 0 Å². The summed E-state index contributed by atoms with van der Waals surface area (Å²) in [7, 11) is 0. The molecule has 0 saturated heterocycles. The van der Waals surface area contributed by atoms with Gasteiger partial charge in [-0.2, -0.15) is 0 Å². The Hall–Kier alpha value is 0.790. The van der Waals surface area contributed by atoms with E-state index < -0.39 is 21.4 Å². The van der Waals surface area contributed by atoms with Gasteiger partial charge in [0.1, 0.15) is 0 Å². The molecule has 2 nitrogen and oxygen atoms in total. The summed E-state index contributed by atoms with van der Waals surface area (Å²) in [6.45, 7) is 21.7. The molecular weight excluding hydrogens is 347 g/mol. The van der Waals surface area contributed by atoms with Crippen molar-refractivity contribution in [3.05, 3.63) is 0 Å². The van der Waals surface area contributed by atoms with Crippen LogP contribution in [0.5, 0.6) is 0 Å². The Morgan fingerprint density at radius 3 is 1.30 bits per heavy atom. The van der Waals surface area contributed by atoms with E-state index in [4.69, 9.17) is 0 Å². The van der Waals surface area contributed by atoms with Crippen LogP contribution in [0.3, 0.4) is 0 Å². The predicted molar refractivity (Wildman–Crippen MR) is 95.3 cm³/mol. The van der Waals surface area contributed by atoms with Gasteiger partial charge in [-0.1, -0.05) is 0 Å². The Morgan fingerprint density at radius 2 is 1.05 bits per heavy atom. The average molecular weight is 386 g/mol. The second kappa shape index (κ2) is 13.5. The monoisotopic (exact) mass is 386 g/mol. The molecule has 0 N–H and O–H groups in total. The van der Waals surface area contributed by atoms with Gasteiger partial charge in [0.2, 0.25) is 0 Å². The third-order valence-corrected chi connectivity index (χ3v) is 16.8. The van der Waals surface area contributed by atoms with E-state index in [-0.39, 0.29) is 0 Å². The minimum atomic E-state index is -1.26. The molecule has 0 fully saturated rings. The van der Waals surface area contributed by atoms with Gasteiger partial charge in [0.25, 0.3) is 0 Å². The molecule has 0 aliphatic rings. The SMILES string of the molecule is CCN(CC)CC[CH2][In]([CH2]CCN(CC)CC)[CH](C)C. The van der Waals surface area contributed by atoms with Crippen LogP contribution >= 0.6 is 0 Å². The fourth-order valence-electron chi connectivity index (χ4n) is 3.04. The van der Waals surface area contributed by atoms with Crippen molar-refractivity contribution in [2.75, 3.05) is 39.3 Å². The number of nitrogens with zero attached hydrogens (tertiary/aromatic N) is 2. The van der Waals surface area contributed by atoms with Gasteiger partial charge >= 0.3 is 137 Å². The Morgan fingerprint density at radius 1 is 0.700 bits per heavy atom. The molecule has 0 aromatic rings. The minimum absolute atomic E-state index is 1.05.